The van der Waals surface area contributed by atoms with E-state index in [1.54, 1.807) is 18.2 Å². The quantitative estimate of drug-likeness (QED) is 0.662. The molecule has 1 aromatic rings. The maximum atomic E-state index is 12.4. The van der Waals surface area contributed by atoms with Crippen LogP contribution in [0.15, 0.2) is 24.3 Å². The van der Waals surface area contributed by atoms with E-state index in [2.05, 4.69) is 10.6 Å². The minimum Gasteiger partial charge on any atom is -0.448 e. The van der Waals surface area contributed by atoms with Crippen molar-refractivity contribution >= 4 is 23.6 Å². The van der Waals surface area contributed by atoms with Crippen LogP contribution in [-0.4, -0.2) is 43.3 Å². The summed E-state index contributed by atoms with van der Waals surface area (Å²) in [6.07, 6.45) is 2.22. The van der Waals surface area contributed by atoms with Gasteiger partial charge in [-0.25, -0.2) is 9.59 Å². The number of carbonyl (C=O) groups is 3. The Kier molecular flexibility index (Phi) is 5.72. The van der Waals surface area contributed by atoms with Crippen molar-refractivity contribution in [2.45, 2.75) is 37.8 Å². The smallest absolute Gasteiger partial charge is 0.338 e. The fourth-order valence-corrected chi connectivity index (χ4v) is 2.89. The summed E-state index contributed by atoms with van der Waals surface area (Å²) in [6.45, 7) is 1.03. The Morgan fingerprint density at radius 1 is 1.15 bits per heavy atom. The van der Waals surface area contributed by atoms with Gasteiger partial charge in [-0.15, -0.1) is 0 Å². The molecule has 26 heavy (non-hydrogen) atoms. The van der Waals surface area contributed by atoms with Crippen LogP contribution in [0.25, 0.3) is 0 Å². The van der Waals surface area contributed by atoms with Crippen LogP contribution >= 0.6 is 0 Å². The molecule has 0 spiro atoms. The van der Waals surface area contributed by atoms with Gasteiger partial charge < -0.3 is 25.8 Å². The van der Waals surface area contributed by atoms with Crippen molar-refractivity contribution in [1.29, 1.82) is 0 Å². The minimum absolute atomic E-state index is 0.143. The van der Waals surface area contributed by atoms with Crippen LogP contribution in [0.1, 0.15) is 36.0 Å². The normalized spacial score (nSPS) is 18.6. The number of primary amides is 1. The number of anilines is 1. The molecular formula is C18H23N3O5. The van der Waals surface area contributed by atoms with E-state index in [1.807, 2.05) is 0 Å². The first-order valence-corrected chi connectivity index (χ1v) is 8.78. The second-order valence-corrected chi connectivity index (χ2v) is 6.63. The third-order valence-electron chi connectivity index (χ3n) is 4.48. The number of urea groups is 1. The predicted octanol–water partition coefficient (Wildman–Crippen LogP) is 1.41. The second-order valence-electron chi connectivity index (χ2n) is 6.63. The summed E-state index contributed by atoms with van der Waals surface area (Å²) < 4.78 is 10.6. The van der Waals surface area contributed by atoms with Gasteiger partial charge in [0.05, 0.1) is 5.56 Å². The highest BCUT2D eigenvalue weighted by Gasteiger charge is 2.32. The largest absolute Gasteiger partial charge is 0.448 e. The average Bonchev–Trinajstić information content (AvgIpc) is 3.44. The van der Waals surface area contributed by atoms with Gasteiger partial charge in [0.1, 0.15) is 0 Å². The van der Waals surface area contributed by atoms with Crippen molar-refractivity contribution in [1.82, 2.24) is 5.32 Å². The molecule has 1 heterocycles. The van der Waals surface area contributed by atoms with E-state index in [1.165, 1.54) is 6.07 Å². The molecule has 0 aromatic heterocycles. The molecule has 8 heteroatoms. The molecule has 0 radical (unpaired) electrons. The number of ether oxygens (including phenoxy) is 2. The third kappa shape index (κ3) is 4.95. The van der Waals surface area contributed by atoms with Gasteiger partial charge in [0, 0.05) is 30.9 Å². The topological polar surface area (TPSA) is 120 Å². The Balaban J connectivity index is 1.63. The number of hydrogen-bond acceptors (Lipinski definition) is 5. The van der Waals surface area contributed by atoms with Crippen molar-refractivity contribution in [3.05, 3.63) is 29.8 Å². The van der Waals surface area contributed by atoms with Gasteiger partial charge in [-0.3, -0.25) is 4.79 Å². The lowest BCUT2D eigenvalue weighted by atomic mass is 9.93. The molecule has 2 fully saturated rings. The van der Waals surface area contributed by atoms with Crippen molar-refractivity contribution < 1.29 is 23.9 Å². The van der Waals surface area contributed by atoms with E-state index < -0.39 is 18.0 Å². The Morgan fingerprint density at radius 2 is 1.88 bits per heavy atom. The summed E-state index contributed by atoms with van der Waals surface area (Å²) in [5, 5.41) is 5.48. The van der Waals surface area contributed by atoms with Gasteiger partial charge in [-0.05, 0) is 43.9 Å². The molecule has 1 aliphatic heterocycles. The number of nitrogens with one attached hydrogen (secondary N) is 2. The second kappa shape index (κ2) is 8.18. The predicted molar refractivity (Wildman–Crippen MR) is 93.6 cm³/mol. The summed E-state index contributed by atoms with van der Waals surface area (Å²) >= 11 is 0. The zero-order valence-corrected chi connectivity index (χ0v) is 14.4. The molecule has 3 rings (SSSR count). The van der Waals surface area contributed by atoms with Crippen molar-refractivity contribution in [2.24, 2.45) is 11.7 Å². The van der Waals surface area contributed by atoms with Crippen LogP contribution < -0.4 is 16.4 Å². The lowest BCUT2D eigenvalue weighted by Crippen LogP contribution is -2.41. The molecule has 4 N–H and O–H groups in total. The first kappa shape index (κ1) is 18.2. The molecule has 3 amide bonds. The Labute approximate surface area is 151 Å². The Hall–Kier alpha value is -2.61. The van der Waals surface area contributed by atoms with E-state index in [0.717, 1.165) is 12.8 Å². The van der Waals surface area contributed by atoms with Gasteiger partial charge >= 0.3 is 12.0 Å². The zero-order valence-electron chi connectivity index (χ0n) is 14.4. The third-order valence-corrected chi connectivity index (χ3v) is 4.48. The van der Waals surface area contributed by atoms with Crippen LogP contribution in [-0.2, 0) is 14.3 Å². The van der Waals surface area contributed by atoms with Crippen molar-refractivity contribution in [3.8, 4) is 0 Å². The lowest BCUT2D eigenvalue weighted by molar-refractivity contribution is -0.131. The molecule has 1 aromatic carbocycles. The van der Waals surface area contributed by atoms with E-state index in [-0.39, 0.29) is 23.6 Å². The zero-order chi connectivity index (χ0) is 18.5. The van der Waals surface area contributed by atoms with Crippen molar-refractivity contribution in [3.63, 3.8) is 0 Å². The van der Waals surface area contributed by atoms with Gasteiger partial charge in [-0.1, -0.05) is 6.07 Å². The van der Waals surface area contributed by atoms with Gasteiger partial charge in [0.2, 0.25) is 0 Å². The molecular weight excluding hydrogens is 338 g/mol. The standard InChI is InChI=1S/C18H23N3O5/c19-16(22)15(11-6-8-25-9-7-11)26-17(23)12-2-1-3-14(10-12)21-18(24)20-13-4-5-13/h1-3,10-11,13,15H,4-9H2,(H2,19,22)(H2,20,21,24). The summed E-state index contributed by atoms with van der Waals surface area (Å²) in [5.74, 6) is -1.45. The number of carbonyl (C=O) groups excluding carboxylic acids is 3. The summed E-state index contributed by atoms with van der Waals surface area (Å²) in [6, 6.07) is 6.31. The maximum Gasteiger partial charge on any atom is 0.338 e. The van der Waals surface area contributed by atoms with Crippen molar-refractivity contribution in [2.75, 3.05) is 18.5 Å². The monoisotopic (exact) mass is 361 g/mol. The number of hydrogen-bond donors (Lipinski definition) is 3. The SMILES string of the molecule is NC(=O)C(OC(=O)c1cccc(NC(=O)NC2CC2)c1)C1CCOCC1. The molecule has 8 nitrogen and oxygen atoms in total. The van der Waals surface area contributed by atoms with E-state index in [0.29, 0.717) is 31.7 Å². The summed E-state index contributed by atoms with van der Waals surface area (Å²) in [5.41, 5.74) is 6.13. The highest BCUT2D eigenvalue weighted by atomic mass is 16.5. The Bertz CT molecular complexity index is 683. The van der Waals surface area contributed by atoms with Crippen LogP contribution in [0.5, 0.6) is 0 Å². The molecule has 2 aliphatic rings. The van der Waals surface area contributed by atoms with E-state index in [9.17, 15) is 14.4 Å². The average molecular weight is 361 g/mol. The van der Waals surface area contributed by atoms with Crippen LogP contribution in [0.2, 0.25) is 0 Å². The summed E-state index contributed by atoms with van der Waals surface area (Å²) in [4.78, 5) is 36.0. The Morgan fingerprint density at radius 3 is 2.54 bits per heavy atom. The van der Waals surface area contributed by atoms with Gasteiger partial charge in [0.25, 0.3) is 5.91 Å². The molecule has 0 bridgehead atoms. The fraction of sp³-hybridized carbons (Fsp3) is 0.500. The highest BCUT2D eigenvalue weighted by molar-refractivity contribution is 5.95. The number of benzene rings is 1. The molecule has 1 saturated heterocycles. The number of esters is 1. The number of amides is 3. The van der Waals surface area contributed by atoms with Gasteiger partial charge in [0.15, 0.2) is 6.10 Å². The summed E-state index contributed by atoms with van der Waals surface area (Å²) in [7, 11) is 0. The maximum absolute atomic E-state index is 12.4. The minimum atomic E-state index is -0.985. The van der Waals surface area contributed by atoms with Gasteiger partial charge in [-0.2, -0.15) is 0 Å². The first-order valence-electron chi connectivity index (χ1n) is 8.78. The van der Waals surface area contributed by atoms with Crippen LogP contribution in [0.3, 0.4) is 0 Å². The molecule has 1 atom stereocenters. The highest BCUT2D eigenvalue weighted by Crippen LogP contribution is 2.23. The molecule has 1 aliphatic carbocycles. The lowest BCUT2D eigenvalue weighted by Gasteiger charge is -2.27. The van der Waals surface area contributed by atoms with Crippen LogP contribution in [0.4, 0.5) is 10.5 Å². The molecule has 1 unspecified atom stereocenters. The fourth-order valence-electron chi connectivity index (χ4n) is 2.89. The molecule has 1 saturated carbocycles. The van der Waals surface area contributed by atoms with Crippen LogP contribution in [0, 0.1) is 5.92 Å². The van der Waals surface area contributed by atoms with E-state index in [4.69, 9.17) is 15.2 Å². The molecule has 140 valence electrons. The number of nitrogens with two attached hydrogens (primary N) is 1. The first-order chi connectivity index (χ1) is 12.5. The van der Waals surface area contributed by atoms with E-state index >= 15 is 0 Å². The number of rotatable bonds is 6.